The number of nitrogens with one attached hydrogen (secondary N) is 1. The van der Waals surface area contributed by atoms with E-state index in [0.29, 0.717) is 43.4 Å². The first-order chi connectivity index (χ1) is 8.73. The van der Waals surface area contributed by atoms with Gasteiger partial charge in [0.25, 0.3) is 10.2 Å². The second-order valence-corrected chi connectivity index (χ2v) is 8.59. The molecule has 0 aromatic heterocycles. The number of nitrogens with two attached hydrogens (primary N) is 1. The standard InChI is InChI=1S/C11H23N3O2S3/c1-9(2)8-13-19(15,16)14-6-4-11(18-3,5-7-14)10(12)17/h9,13H,4-8H2,1-3H3,(H2,12,17). The molecule has 5 nitrogen and oxygen atoms in total. The average Bonchev–Trinajstić information content (AvgIpc) is 2.36. The van der Waals surface area contributed by atoms with Crippen molar-refractivity contribution in [3.63, 3.8) is 0 Å². The maximum absolute atomic E-state index is 12.1. The number of nitrogens with zero attached hydrogens (tertiary/aromatic N) is 1. The van der Waals surface area contributed by atoms with Gasteiger partial charge in [0.15, 0.2) is 0 Å². The van der Waals surface area contributed by atoms with Crippen molar-refractivity contribution < 1.29 is 8.42 Å². The summed E-state index contributed by atoms with van der Waals surface area (Å²) in [5, 5.41) is 0. The van der Waals surface area contributed by atoms with Crippen LogP contribution in [0.3, 0.4) is 0 Å². The Morgan fingerprint density at radius 3 is 2.37 bits per heavy atom. The smallest absolute Gasteiger partial charge is 0.279 e. The molecular weight excluding hydrogens is 302 g/mol. The quantitative estimate of drug-likeness (QED) is 0.712. The van der Waals surface area contributed by atoms with Crippen molar-refractivity contribution in [2.75, 3.05) is 25.9 Å². The predicted octanol–water partition coefficient (Wildman–Crippen LogP) is 0.960. The van der Waals surface area contributed by atoms with E-state index >= 15 is 0 Å². The highest BCUT2D eigenvalue weighted by Gasteiger charge is 2.39. The van der Waals surface area contributed by atoms with Crippen LogP contribution in [0.2, 0.25) is 0 Å². The fourth-order valence-corrected chi connectivity index (χ4v) is 4.64. The molecule has 0 saturated carbocycles. The predicted molar refractivity (Wildman–Crippen MR) is 85.6 cm³/mol. The Balaban J connectivity index is 2.65. The van der Waals surface area contributed by atoms with E-state index < -0.39 is 10.2 Å². The van der Waals surface area contributed by atoms with Crippen molar-refractivity contribution in [1.82, 2.24) is 9.03 Å². The number of thioether (sulfide) groups is 1. The van der Waals surface area contributed by atoms with E-state index in [1.807, 2.05) is 20.1 Å². The molecule has 3 N–H and O–H groups in total. The van der Waals surface area contributed by atoms with E-state index in [9.17, 15) is 8.42 Å². The number of hydrogen-bond donors (Lipinski definition) is 2. The molecule has 0 spiro atoms. The third-order valence-electron chi connectivity index (χ3n) is 3.38. The zero-order valence-corrected chi connectivity index (χ0v) is 14.1. The van der Waals surface area contributed by atoms with Crippen molar-refractivity contribution in [2.24, 2.45) is 11.7 Å². The molecule has 1 saturated heterocycles. The van der Waals surface area contributed by atoms with Crippen LogP contribution in [0.25, 0.3) is 0 Å². The molecule has 0 radical (unpaired) electrons. The second-order valence-electron chi connectivity index (χ2n) is 5.21. The Bertz CT molecular complexity index is 415. The van der Waals surface area contributed by atoms with Crippen LogP contribution in [0, 0.1) is 5.92 Å². The zero-order valence-electron chi connectivity index (χ0n) is 11.7. The molecular formula is C11H23N3O2S3. The van der Waals surface area contributed by atoms with Crippen LogP contribution in [-0.4, -0.2) is 48.3 Å². The van der Waals surface area contributed by atoms with Crippen molar-refractivity contribution in [3.8, 4) is 0 Å². The lowest BCUT2D eigenvalue weighted by molar-refractivity contribution is 0.327. The molecule has 1 heterocycles. The summed E-state index contributed by atoms with van der Waals surface area (Å²) in [4.78, 5) is 0.479. The van der Waals surface area contributed by atoms with Crippen LogP contribution in [-0.2, 0) is 10.2 Å². The van der Waals surface area contributed by atoms with Crippen LogP contribution in [0.5, 0.6) is 0 Å². The summed E-state index contributed by atoms with van der Waals surface area (Å²) in [5.74, 6) is 0.293. The summed E-state index contributed by atoms with van der Waals surface area (Å²) in [6, 6.07) is 0. The highest BCUT2D eigenvalue weighted by molar-refractivity contribution is 8.02. The molecule has 8 heteroatoms. The van der Waals surface area contributed by atoms with Crippen molar-refractivity contribution >= 4 is 39.2 Å². The summed E-state index contributed by atoms with van der Waals surface area (Å²) in [7, 11) is -3.37. The van der Waals surface area contributed by atoms with Gasteiger partial charge in [-0.25, -0.2) is 4.72 Å². The molecule has 0 aromatic rings. The fraction of sp³-hybridized carbons (Fsp3) is 0.909. The van der Waals surface area contributed by atoms with E-state index in [0.717, 1.165) is 0 Å². The van der Waals surface area contributed by atoms with E-state index in [1.165, 1.54) is 4.31 Å². The van der Waals surface area contributed by atoms with E-state index in [1.54, 1.807) is 11.8 Å². The lowest BCUT2D eigenvalue weighted by Gasteiger charge is -2.39. The summed E-state index contributed by atoms with van der Waals surface area (Å²) >= 11 is 6.74. The van der Waals surface area contributed by atoms with Gasteiger partial charge in [0, 0.05) is 19.6 Å². The fourth-order valence-electron chi connectivity index (χ4n) is 2.00. The average molecular weight is 326 g/mol. The van der Waals surface area contributed by atoms with Gasteiger partial charge >= 0.3 is 0 Å². The van der Waals surface area contributed by atoms with Gasteiger partial charge in [-0.2, -0.15) is 24.5 Å². The number of hydrogen-bond acceptors (Lipinski definition) is 4. The highest BCUT2D eigenvalue weighted by atomic mass is 32.2. The number of rotatable bonds is 6. The molecule has 19 heavy (non-hydrogen) atoms. The molecule has 0 atom stereocenters. The molecule has 0 unspecified atom stereocenters. The van der Waals surface area contributed by atoms with Crippen LogP contribution in [0.4, 0.5) is 0 Å². The lowest BCUT2D eigenvalue weighted by atomic mass is 9.97. The summed E-state index contributed by atoms with van der Waals surface area (Å²) < 4.78 is 28.1. The van der Waals surface area contributed by atoms with Crippen molar-refractivity contribution in [2.45, 2.75) is 31.4 Å². The Morgan fingerprint density at radius 2 is 2.00 bits per heavy atom. The summed E-state index contributed by atoms with van der Waals surface area (Å²) in [6.45, 7) is 5.34. The maximum Gasteiger partial charge on any atom is 0.279 e. The van der Waals surface area contributed by atoms with Gasteiger partial charge in [-0.3, -0.25) is 0 Å². The molecule has 1 rings (SSSR count). The maximum atomic E-state index is 12.1. The normalized spacial score (nSPS) is 20.6. The Hall–Kier alpha value is 0.110. The van der Waals surface area contributed by atoms with Gasteiger partial charge in [-0.15, -0.1) is 0 Å². The Morgan fingerprint density at radius 1 is 1.47 bits per heavy atom. The molecule has 0 bridgehead atoms. The first-order valence-electron chi connectivity index (χ1n) is 6.33. The molecule has 1 aliphatic rings. The van der Waals surface area contributed by atoms with Gasteiger partial charge in [0.05, 0.1) is 9.74 Å². The molecule has 0 amide bonds. The number of piperidine rings is 1. The molecule has 112 valence electrons. The Labute approximate surface area is 125 Å². The molecule has 1 fully saturated rings. The minimum Gasteiger partial charge on any atom is -0.392 e. The van der Waals surface area contributed by atoms with Crippen molar-refractivity contribution in [3.05, 3.63) is 0 Å². The van der Waals surface area contributed by atoms with Crippen LogP contribution >= 0.6 is 24.0 Å². The van der Waals surface area contributed by atoms with Gasteiger partial charge in [0.1, 0.15) is 0 Å². The highest BCUT2D eigenvalue weighted by Crippen LogP contribution is 2.35. The summed E-state index contributed by atoms with van der Waals surface area (Å²) in [6.07, 6.45) is 3.32. The second kappa shape index (κ2) is 6.71. The van der Waals surface area contributed by atoms with Gasteiger partial charge in [0.2, 0.25) is 0 Å². The van der Waals surface area contributed by atoms with Crippen molar-refractivity contribution in [1.29, 1.82) is 0 Å². The third-order valence-corrected chi connectivity index (χ3v) is 6.89. The molecule has 1 aliphatic heterocycles. The monoisotopic (exact) mass is 325 g/mol. The van der Waals surface area contributed by atoms with Crippen LogP contribution in [0.15, 0.2) is 0 Å². The first-order valence-corrected chi connectivity index (χ1v) is 9.40. The molecule has 0 aromatic carbocycles. The van der Waals surface area contributed by atoms with Crippen LogP contribution in [0.1, 0.15) is 26.7 Å². The molecule has 0 aliphatic carbocycles. The van der Waals surface area contributed by atoms with E-state index in [-0.39, 0.29) is 4.75 Å². The summed E-state index contributed by atoms with van der Waals surface area (Å²) in [5.41, 5.74) is 5.79. The SMILES string of the molecule is CSC1(C(N)=S)CCN(S(=O)(=O)NCC(C)C)CC1. The zero-order chi connectivity index (χ0) is 14.7. The minimum atomic E-state index is -3.37. The first kappa shape index (κ1) is 17.2. The van der Waals surface area contributed by atoms with Gasteiger partial charge < -0.3 is 5.73 Å². The minimum absolute atomic E-state index is 0.251. The lowest BCUT2D eigenvalue weighted by Crippen LogP contribution is -2.53. The third kappa shape index (κ3) is 4.29. The van der Waals surface area contributed by atoms with Crippen LogP contribution < -0.4 is 10.5 Å². The van der Waals surface area contributed by atoms with E-state index in [4.69, 9.17) is 18.0 Å². The van der Waals surface area contributed by atoms with Gasteiger partial charge in [-0.05, 0) is 25.0 Å². The topological polar surface area (TPSA) is 75.4 Å². The number of thiocarbonyl (C=S) groups is 1. The van der Waals surface area contributed by atoms with E-state index in [2.05, 4.69) is 4.72 Å². The van der Waals surface area contributed by atoms with Gasteiger partial charge in [-0.1, -0.05) is 26.1 Å². The largest absolute Gasteiger partial charge is 0.392 e. The Kier molecular flexibility index (Phi) is 6.06.